The first-order valence-electron chi connectivity index (χ1n) is 9.97. The number of carbonyl (C=O) groups excluding carboxylic acids is 1. The van der Waals surface area contributed by atoms with Crippen molar-refractivity contribution in [3.05, 3.63) is 108 Å². The first-order valence-corrected chi connectivity index (χ1v) is 11.5. The number of sulfonamides is 1. The molecule has 31 heavy (non-hydrogen) atoms. The second-order valence-electron chi connectivity index (χ2n) is 7.01. The van der Waals surface area contributed by atoms with E-state index in [2.05, 4.69) is 0 Å². The molecule has 1 unspecified atom stereocenters. The van der Waals surface area contributed by atoms with Crippen molar-refractivity contribution in [2.24, 2.45) is 0 Å². The minimum Gasteiger partial charge on any atom is -0.427 e. The molecule has 1 atom stereocenters. The van der Waals surface area contributed by atoms with Gasteiger partial charge in [-0.1, -0.05) is 78.9 Å². The van der Waals surface area contributed by atoms with Gasteiger partial charge in [0.2, 0.25) is 10.0 Å². The third-order valence-electron chi connectivity index (χ3n) is 4.79. The smallest absolute Gasteiger partial charge is 0.311 e. The minimum atomic E-state index is -3.75. The second-order valence-corrected chi connectivity index (χ2v) is 9.19. The summed E-state index contributed by atoms with van der Waals surface area (Å²) in [6, 6.07) is 27.1. The Morgan fingerprint density at radius 3 is 2.06 bits per heavy atom. The first-order chi connectivity index (χ1) is 15.0. The number of nitrogens with zero attached hydrogens (tertiary/aromatic N) is 1. The Hall–Kier alpha value is -3.38. The van der Waals surface area contributed by atoms with Crippen molar-refractivity contribution in [3.8, 4) is 5.75 Å². The molecule has 0 radical (unpaired) electrons. The highest BCUT2D eigenvalue weighted by atomic mass is 32.2. The molecule has 0 spiro atoms. The quantitative estimate of drug-likeness (QED) is 0.349. The van der Waals surface area contributed by atoms with Crippen LogP contribution in [0.1, 0.15) is 29.2 Å². The van der Waals surface area contributed by atoms with Gasteiger partial charge in [-0.25, -0.2) is 8.42 Å². The SMILES string of the molecule is CN(C=Cc1ccccc1)S(=O)(=O)C(CCC(=O)Oc1ccccc1)c1ccccc1. The zero-order valence-electron chi connectivity index (χ0n) is 17.3. The van der Waals surface area contributed by atoms with Crippen LogP contribution in [0.3, 0.4) is 0 Å². The van der Waals surface area contributed by atoms with Crippen LogP contribution < -0.4 is 4.74 Å². The van der Waals surface area contributed by atoms with Gasteiger partial charge in [0.1, 0.15) is 11.0 Å². The third-order valence-corrected chi connectivity index (χ3v) is 6.95. The molecule has 0 saturated heterocycles. The van der Waals surface area contributed by atoms with E-state index in [9.17, 15) is 13.2 Å². The van der Waals surface area contributed by atoms with E-state index < -0.39 is 21.2 Å². The Bertz CT molecular complexity index is 1100. The largest absolute Gasteiger partial charge is 0.427 e. The molecule has 3 rings (SSSR count). The summed E-state index contributed by atoms with van der Waals surface area (Å²) in [5, 5.41) is -0.873. The zero-order chi connectivity index (χ0) is 22.1. The summed E-state index contributed by atoms with van der Waals surface area (Å²) in [6.45, 7) is 0. The molecule has 0 saturated carbocycles. The van der Waals surface area contributed by atoms with Crippen molar-refractivity contribution in [3.63, 3.8) is 0 Å². The van der Waals surface area contributed by atoms with Gasteiger partial charge >= 0.3 is 5.97 Å². The summed E-state index contributed by atoms with van der Waals surface area (Å²) in [6.07, 6.45) is 3.36. The van der Waals surface area contributed by atoms with E-state index in [1.54, 1.807) is 54.6 Å². The lowest BCUT2D eigenvalue weighted by Gasteiger charge is -2.23. The standard InChI is InChI=1S/C25H25NO4S/c1-26(20-19-21-11-5-2-6-12-21)31(28,29)24(22-13-7-3-8-14-22)17-18-25(27)30-23-15-9-4-10-16-23/h2-16,19-20,24H,17-18H2,1H3. The van der Waals surface area contributed by atoms with Gasteiger partial charge in [0.25, 0.3) is 0 Å². The van der Waals surface area contributed by atoms with Gasteiger partial charge in [0.05, 0.1) is 0 Å². The molecule has 0 aromatic heterocycles. The van der Waals surface area contributed by atoms with Crippen molar-refractivity contribution < 1.29 is 17.9 Å². The van der Waals surface area contributed by atoms with Crippen molar-refractivity contribution in [2.75, 3.05) is 7.05 Å². The van der Waals surface area contributed by atoms with E-state index in [4.69, 9.17) is 4.74 Å². The molecule has 3 aromatic carbocycles. The summed E-state index contributed by atoms with van der Waals surface area (Å²) in [5.74, 6) is -0.0284. The second kappa shape index (κ2) is 10.6. The maximum Gasteiger partial charge on any atom is 0.311 e. The summed E-state index contributed by atoms with van der Waals surface area (Å²) in [7, 11) is -2.25. The predicted octanol–water partition coefficient (Wildman–Crippen LogP) is 5.05. The normalized spacial score (nSPS) is 12.4. The van der Waals surface area contributed by atoms with Crippen molar-refractivity contribution in [1.29, 1.82) is 0 Å². The number of para-hydroxylation sites is 1. The Kier molecular flexibility index (Phi) is 7.62. The number of hydrogen-bond acceptors (Lipinski definition) is 4. The number of hydrogen-bond donors (Lipinski definition) is 0. The van der Waals surface area contributed by atoms with Gasteiger partial charge in [0, 0.05) is 19.7 Å². The van der Waals surface area contributed by atoms with Gasteiger partial charge in [-0.05, 0) is 35.8 Å². The fourth-order valence-electron chi connectivity index (χ4n) is 3.12. The lowest BCUT2D eigenvalue weighted by atomic mass is 10.1. The Labute approximate surface area is 183 Å². The highest BCUT2D eigenvalue weighted by Gasteiger charge is 2.30. The maximum absolute atomic E-state index is 13.3. The molecule has 0 aliphatic carbocycles. The fourth-order valence-corrected chi connectivity index (χ4v) is 4.66. The van der Waals surface area contributed by atoms with Crippen LogP contribution in [-0.4, -0.2) is 25.7 Å². The average Bonchev–Trinajstić information content (AvgIpc) is 2.79. The van der Waals surface area contributed by atoms with Crippen LogP contribution in [0.4, 0.5) is 0 Å². The molecule has 0 aliphatic rings. The van der Waals surface area contributed by atoms with Crippen molar-refractivity contribution in [1.82, 2.24) is 4.31 Å². The van der Waals surface area contributed by atoms with Crippen LogP contribution in [0.2, 0.25) is 0 Å². The maximum atomic E-state index is 13.3. The zero-order valence-corrected chi connectivity index (χ0v) is 18.1. The molecular formula is C25H25NO4S. The molecular weight excluding hydrogens is 410 g/mol. The molecule has 3 aromatic rings. The molecule has 0 amide bonds. The number of carbonyl (C=O) groups is 1. The highest BCUT2D eigenvalue weighted by molar-refractivity contribution is 7.89. The third kappa shape index (κ3) is 6.30. The van der Waals surface area contributed by atoms with Crippen LogP contribution in [-0.2, 0) is 14.8 Å². The van der Waals surface area contributed by atoms with E-state index in [1.807, 2.05) is 42.5 Å². The molecule has 0 bridgehead atoms. The Morgan fingerprint density at radius 2 is 1.45 bits per heavy atom. The van der Waals surface area contributed by atoms with E-state index in [-0.39, 0.29) is 12.8 Å². The van der Waals surface area contributed by atoms with Crippen molar-refractivity contribution in [2.45, 2.75) is 18.1 Å². The van der Waals surface area contributed by atoms with E-state index in [0.29, 0.717) is 11.3 Å². The Balaban J connectivity index is 1.76. The molecule has 160 valence electrons. The number of rotatable bonds is 9. The van der Waals surface area contributed by atoms with E-state index in [1.165, 1.54) is 17.6 Å². The van der Waals surface area contributed by atoms with Crippen LogP contribution in [0.15, 0.2) is 97.2 Å². The van der Waals surface area contributed by atoms with Crippen LogP contribution >= 0.6 is 0 Å². The average molecular weight is 436 g/mol. The van der Waals surface area contributed by atoms with Crippen LogP contribution in [0.5, 0.6) is 5.75 Å². The summed E-state index contributed by atoms with van der Waals surface area (Å²) in [5.41, 5.74) is 1.53. The summed E-state index contributed by atoms with van der Waals surface area (Å²) < 4.78 is 33.2. The van der Waals surface area contributed by atoms with Crippen LogP contribution in [0, 0.1) is 0 Å². The van der Waals surface area contributed by atoms with Gasteiger partial charge < -0.3 is 4.74 Å². The summed E-state index contributed by atoms with van der Waals surface area (Å²) >= 11 is 0. The Morgan fingerprint density at radius 1 is 0.903 bits per heavy atom. The predicted molar refractivity (Wildman–Crippen MR) is 123 cm³/mol. The van der Waals surface area contributed by atoms with Crippen LogP contribution in [0.25, 0.3) is 6.08 Å². The lowest BCUT2D eigenvalue weighted by Crippen LogP contribution is -2.28. The fraction of sp³-hybridized carbons (Fsp3) is 0.160. The summed E-state index contributed by atoms with van der Waals surface area (Å²) in [4.78, 5) is 12.3. The van der Waals surface area contributed by atoms with E-state index in [0.717, 1.165) is 5.56 Å². The minimum absolute atomic E-state index is 0.0239. The molecule has 0 aliphatic heterocycles. The monoisotopic (exact) mass is 435 g/mol. The van der Waals surface area contributed by atoms with Gasteiger partial charge in [0.15, 0.2) is 0 Å². The number of ether oxygens (including phenoxy) is 1. The molecule has 5 nitrogen and oxygen atoms in total. The molecule has 6 heteroatoms. The van der Waals surface area contributed by atoms with Crippen molar-refractivity contribution >= 4 is 22.1 Å². The molecule has 0 fully saturated rings. The van der Waals surface area contributed by atoms with E-state index >= 15 is 0 Å². The molecule has 0 heterocycles. The molecule has 0 N–H and O–H groups in total. The first kappa shape index (κ1) is 22.3. The highest BCUT2D eigenvalue weighted by Crippen LogP contribution is 2.30. The van der Waals surface area contributed by atoms with Gasteiger partial charge in [-0.2, -0.15) is 0 Å². The lowest BCUT2D eigenvalue weighted by molar-refractivity contribution is -0.134. The number of benzene rings is 3. The number of esters is 1. The topological polar surface area (TPSA) is 63.7 Å². The van der Waals surface area contributed by atoms with Gasteiger partial charge in [-0.15, -0.1) is 0 Å². The van der Waals surface area contributed by atoms with Gasteiger partial charge in [-0.3, -0.25) is 9.10 Å².